The van der Waals surface area contributed by atoms with Crippen LogP contribution in [0.15, 0.2) is 65.6 Å². The number of benzene rings is 3. The molecule has 2 heterocycles. The number of ether oxygens (including phenoxy) is 2. The van der Waals surface area contributed by atoms with E-state index in [0.717, 1.165) is 27.4 Å². The summed E-state index contributed by atoms with van der Waals surface area (Å²) in [5, 5.41) is 2.63. The number of hydrogen-bond donors (Lipinski definition) is 1. The SMILES string of the molecule is COc1cc(S(=O)(=O)N2C[C@@H](CN3C(=O)c4ccccc4C3=O)Cc3ccc(NC(=O)OC(C)(C)C)cc32)ccc1F. The monoisotopic (exact) mass is 595 g/mol. The first-order valence-corrected chi connectivity index (χ1v) is 14.7. The number of rotatable bonds is 6. The van der Waals surface area contributed by atoms with Crippen LogP contribution in [-0.4, -0.2) is 57.0 Å². The summed E-state index contributed by atoms with van der Waals surface area (Å²) >= 11 is 0. The lowest BCUT2D eigenvalue weighted by Crippen LogP contribution is -2.45. The van der Waals surface area contributed by atoms with Crippen molar-refractivity contribution >= 4 is 39.3 Å². The molecule has 2 aliphatic rings. The number of halogens is 1. The van der Waals surface area contributed by atoms with E-state index >= 15 is 0 Å². The first kappa shape index (κ1) is 29.1. The summed E-state index contributed by atoms with van der Waals surface area (Å²) in [6, 6.07) is 14.6. The van der Waals surface area contributed by atoms with Gasteiger partial charge in [-0.15, -0.1) is 0 Å². The van der Waals surface area contributed by atoms with Crippen molar-refractivity contribution in [1.29, 1.82) is 0 Å². The molecule has 3 aromatic carbocycles. The predicted octanol–water partition coefficient (Wildman–Crippen LogP) is 4.85. The number of methoxy groups -OCH3 is 1. The summed E-state index contributed by atoms with van der Waals surface area (Å²) in [5.74, 6) is -2.28. The molecule has 0 aliphatic carbocycles. The zero-order chi connectivity index (χ0) is 30.4. The minimum atomic E-state index is -4.29. The topological polar surface area (TPSA) is 122 Å². The molecule has 1 atom stereocenters. The van der Waals surface area contributed by atoms with E-state index in [2.05, 4.69) is 5.32 Å². The second-order valence-corrected chi connectivity index (χ2v) is 13.0. The summed E-state index contributed by atoms with van der Waals surface area (Å²) < 4.78 is 53.7. The number of carbonyl (C=O) groups excluding carboxylic acids is 3. The van der Waals surface area contributed by atoms with Crippen molar-refractivity contribution < 1.29 is 36.7 Å². The zero-order valence-corrected chi connectivity index (χ0v) is 24.3. The van der Waals surface area contributed by atoms with Gasteiger partial charge in [-0.2, -0.15) is 0 Å². The Morgan fingerprint density at radius 1 is 1.02 bits per heavy atom. The van der Waals surface area contributed by atoms with Gasteiger partial charge in [0.15, 0.2) is 11.6 Å². The number of nitrogens with one attached hydrogen (secondary N) is 1. The molecule has 3 amide bonds. The van der Waals surface area contributed by atoms with Crippen LogP contribution < -0.4 is 14.4 Å². The van der Waals surface area contributed by atoms with E-state index in [0.29, 0.717) is 34.5 Å². The van der Waals surface area contributed by atoms with Crippen molar-refractivity contribution in [2.75, 3.05) is 29.8 Å². The molecule has 42 heavy (non-hydrogen) atoms. The number of anilines is 2. The van der Waals surface area contributed by atoms with E-state index in [-0.39, 0.29) is 23.7 Å². The van der Waals surface area contributed by atoms with Crippen LogP contribution in [0.5, 0.6) is 5.75 Å². The molecule has 0 radical (unpaired) electrons. The zero-order valence-electron chi connectivity index (χ0n) is 23.5. The third-order valence-electron chi connectivity index (χ3n) is 6.96. The molecule has 0 bridgehead atoms. The molecule has 1 N–H and O–H groups in total. The highest BCUT2D eigenvalue weighted by Crippen LogP contribution is 2.38. The summed E-state index contributed by atoms with van der Waals surface area (Å²) in [6.45, 7) is 5.07. The second-order valence-electron chi connectivity index (χ2n) is 11.1. The van der Waals surface area contributed by atoms with Gasteiger partial charge in [-0.05, 0) is 75.1 Å². The van der Waals surface area contributed by atoms with Crippen molar-refractivity contribution in [3.05, 3.63) is 83.2 Å². The fourth-order valence-corrected chi connectivity index (χ4v) is 6.70. The number of fused-ring (bicyclic) bond motifs is 2. The number of sulfonamides is 1. The quantitative estimate of drug-likeness (QED) is 0.405. The van der Waals surface area contributed by atoms with Crippen LogP contribution in [0, 0.1) is 11.7 Å². The van der Waals surface area contributed by atoms with Crippen molar-refractivity contribution in [3.8, 4) is 5.75 Å². The van der Waals surface area contributed by atoms with E-state index < -0.39 is 45.3 Å². The summed E-state index contributed by atoms with van der Waals surface area (Å²) in [5.41, 5.74) is 1.09. The molecular weight excluding hydrogens is 565 g/mol. The van der Waals surface area contributed by atoms with E-state index in [9.17, 15) is 27.2 Å². The van der Waals surface area contributed by atoms with Crippen LogP contribution >= 0.6 is 0 Å². The molecule has 0 spiro atoms. The Hall–Kier alpha value is -4.45. The van der Waals surface area contributed by atoms with Crippen LogP contribution in [0.2, 0.25) is 0 Å². The molecule has 0 fully saturated rings. The number of carbonyl (C=O) groups is 3. The largest absolute Gasteiger partial charge is 0.494 e. The maximum absolute atomic E-state index is 14.2. The van der Waals surface area contributed by atoms with Crippen LogP contribution in [0.1, 0.15) is 47.1 Å². The Labute approximate surface area is 243 Å². The molecule has 0 unspecified atom stereocenters. The molecule has 12 heteroatoms. The third-order valence-corrected chi connectivity index (χ3v) is 8.74. The molecule has 0 saturated heterocycles. The van der Waals surface area contributed by atoms with Gasteiger partial charge in [-0.1, -0.05) is 18.2 Å². The van der Waals surface area contributed by atoms with Gasteiger partial charge in [0.1, 0.15) is 5.60 Å². The van der Waals surface area contributed by atoms with E-state index in [1.54, 1.807) is 57.2 Å². The fourth-order valence-electron chi connectivity index (χ4n) is 5.12. The molecule has 2 aliphatic heterocycles. The highest BCUT2D eigenvalue weighted by Gasteiger charge is 2.40. The van der Waals surface area contributed by atoms with Crippen LogP contribution in [-0.2, 0) is 21.2 Å². The maximum Gasteiger partial charge on any atom is 0.412 e. The Kier molecular flexibility index (Phi) is 7.44. The van der Waals surface area contributed by atoms with Crippen LogP contribution in [0.3, 0.4) is 0 Å². The molecule has 220 valence electrons. The Morgan fingerprint density at radius 3 is 2.31 bits per heavy atom. The Morgan fingerprint density at radius 2 is 1.69 bits per heavy atom. The smallest absolute Gasteiger partial charge is 0.412 e. The number of hydrogen-bond acceptors (Lipinski definition) is 7. The normalized spacial score (nSPS) is 16.6. The van der Waals surface area contributed by atoms with Gasteiger partial charge in [0, 0.05) is 24.8 Å². The van der Waals surface area contributed by atoms with Gasteiger partial charge in [0.25, 0.3) is 21.8 Å². The summed E-state index contributed by atoms with van der Waals surface area (Å²) in [6.07, 6.45) is -0.353. The van der Waals surface area contributed by atoms with E-state index in [1.807, 2.05) is 0 Å². The standard InChI is InChI=1S/C30H30FN3O7S/c1-30(2,3)41-29(37)32-20-10-9-19-13-18(16-33-27(35)22-7-5-6-8-23(22)28(33)36)17-34(25(19)14-20)42(38,39)21-11-12-24(31)26(15-21)40-4/h5-12,14-15,18H,13,16-17H2,1-4H3,(H,32,37)/t18-/m1/s1. The lowest BCUT2D eigenvalue weighted by atomic mass is 9.93. The highest BCUT2D eigenvalue weighted by molar-refractivity contribution is 7.92. The lowest BCUT2D eigenvalue weighted by molar-refractivity contribution is 0.0620. The number of amides is 3. The minimum Gasteiger partial charge on any atom is -0.494 e. The van der Waals surface area contributed by atoms with Gasteiger partial charge in [-0.3, -0.25) is 24.1 Å². The van der Waals surface area contributed by atoms with Gasteiger partial charge in [-0.25, -0.2) is 17.6 Å². The Balaban J connectivity index is 1.51. The van der Waals surface area contributed by atoms with Crippen LogP contribution in [0.25, 0.3) is 0 Å². The second kappa shape index (κ2) is 10.8. The number of nitrogens with zero attached hydrogens (tertiary/aromatic N) is 2. The maximum atomic E-state index is 14.2. The van der Waals surface area contributed by atoms with Crippen LogP contribution in [0.4, 0.5) is 20.6 Å². The molecule has 3 aromatic rings. The summed E-state index contributed by atoms with van der Waals surface area (Å²) in [7, 11) is -3.06. The molecule has 10 nitrogen and oxygen atoms in total. The van der Waals surface area contributed by atoms with Gasteiger partial charge in [0.05, 0.1) is 28.8 Å². The van der Waals surface area contributed by atoms with E-state index in [4.69, 9.17) is 9.47 Å². The first-order valence-electron chi connectivity index (χ1n) is 13.2. The first-order chi connectivity index (χ1) is 19.8. The van der Waals surface area contributed by atoms with Gasteiger partial charge < -0.3 is 9.47 Å². The minimum absolute atomic E-state index is 0.0115. The van der Waals surface area contributed by atoms with Crippen molar-refractivity contribution in [2.45, 2.75) is 37.7 Å². The van der Waals surface area contributed by atoms with Crippen molar-refractivity contribution in [3.63, 3.8) is 0 Å². The fraction of sp³-hybridized carbons (Fsp3) is 0.300. The lowest BCUT2D eigenvalue weighted by Gasteiger charge is -2.36. The Bertz CT molecular complexity index is 1670. The average molecular weight is 596 g/mol. The number of imide groups is 1. The van der Waals surface area contributed by atoms with E-state index in [1.165, 1.54) is 13.2 Å². The van der Waals surface area contributed by atoms with Gasteiger partial charge >= 0.3 is 6.09 Å². The summed E-state index contributed by atoms with van der Waals surface area (Å²) in [4.78, 5) is 39.4. The average Bonchev–Trinajstić information content (AvgIpc) is 3.16. The molecule has 0 aromatic heterocycles. The molecular formula is C30H30FN3O7S. The predicted molar refractivity (Wildman–Crippen MR) is 153 cm³/mol. The third kappa shape index (κ3) is 5.54. The molecule has 0 saturated carbocycles. The molecule has 5 rings (SSSR count). The highest BCUT2D eigenvalue weighted by atomic mass is 32.2. The van der Waals surface area contributed by atoms with Gasteiger partial charge in [0.2, 0.25) is 0 Å². The van der Waals surface area contributed by atoms with Crippen molar-refractivity contribution in [1.82, 2.24) is 4.90 Å². The van der Waals surface area contributed by atoms with Crippen molar-refractivity contribution in [2.24, 2.45) is 5.92 Å².